The van der Waals surface area contributed by atoms with Crippen molar-refractivity contribution in [2.75, 3.05) is 39.3 Å². The molecule has 3 heteroatoms. The Morgan fingerprint density at radius 1 is 0.958 bits per heavy atom. The molecule has 0 radical (unpaired) electrons. The fourth-order valence-corrected chi connectivity index (χ4v) is 4.55. The van der Waals surface area contributed by atoms with E-state index in [0.717, 1.165) is 24.5 Å². The fraction of sp³-hybridized carbons (Fsp3) is 1.00. The molecule has 2 aliphatic rings. The largest absolute Gasteiger partial charge is 0.379 e. The highest BCUT2D eigenvalue weighted by atomic mass is 16.5. The van der Waals surface area contributed by atoms with Crippen LogP contribution in [0.15, 0.2) is 0 Å². The van der Waals surface area contributed by atoms with E-state index in [1.807, 2.05) is 0 Å². The van der Waals surface area contributed by atoms with Gasteiger partial charge in [-0.2, -0.15) is 0 Å². The van der Waals surface area contributed by atoms with Crippen molar-refractivity contribution in [2.24, 2.45) is 11.8 Å². The van der Waals surface area contributed by atoms with Crippen molar-refractivity contribution >= 4 is 0 Å². The summed E-state index contributed by atoms with van der Waals surface area (Å²) in [6, 6.07) is 0.762. The van der Waals surface area contributed by atoms with Gasteiger partial charge in [-0.25, -0.2) is 0 Å². The molecule has 3 nitrogen and oxygen atoms in total. The first-order valence-corrected chi connectivity index (χ1v) is 10.7. The molecule has 142 valence electrons. The van der Waals surface area contributed by atoms with Crippen molar-refractivity contribution in [1.29, 1.82) is 0 Å². The van der Waals surface area contributed by atoms with E-state index in [4.69, 9.17) is 4.74 Å². The van der Waals surface area contributed by atoms with Gasteiger partial charge >= 0.3 is 0 Å². The third-order valence-corrected chi connectivity index (χ3v) is 6.49. The zero-order valence-corrected chi connectivity index (χ0v) is 16.8. The van der Waals surface area contributed by atoms with Crippen molar-refractivity contribution in [3.63, 3.8) is 0 Å². The molecule has 0 bridgehead atoms. The molecule has 2 fully saturated rings. The number of rotatable bonds is 9. The van der Waals surface area contributed by atoms with Crippen LogP contribution in [0.4, 0.5) is 0 Å². The van der Waals surface area contributed by atoms with Gasteiger partial charge in [-0.1, -0.05) is 13.8 Å². The van der Waals surface area contributed by atoms with Gasteiger partial charge in [-0.15, -0.1) is 0 Å². The van der Waals surface area contributed by atoms with E-state index in [-0.39, 0.29) is 0 Å². The van der Waals surface area contributed by atoms with Crippen LogP contribution in [0.1, 0.15) is 72.6 Å². The summed E-state index contributed by atoms with van der Waals surface area (Å²) in [5.41, 5.74) is 0. The minimum atomic E-state index is 0.559. The van der Waals surface area contributed by atoms with Crippen LogP contribution in [-0.2, 0) is 4.74 Å². The second kappa shape index (κ2) is 10.8. The SMILES string of the molecule is CCOC1CCC(C[C@H](C)CCN2CCN(C(C)CC)CC2)CC1. The first-order chi connectivity index (χ1) is 11.6. The fourth-order valence-electron chi connectivity index (χ4n) is 4.55. The Morgan fingerprint density at radius 2 is 1.62 bits per heavy atom. The Hall–Kier alpha value is -0.120. The first-order valence-electron chi connectivity index (χ1n) is 10.7. The molecule has 0 aromatic carbocycles. The third kappa shape index (κ3) is 6.65. The Labute approximate surface area is 151 Å². The van der Waals surface area contributed by atoms with E-state index in [1.165, 1.54) is 77.7 Å². The van der Waals surface area contributed by atoms with Crippen molar-refractivity contribution in [3.8, 4) is 0 Å². The Morgan fingerprint density at radius 3 is 2.21 bits per heavy atom. The van der Waals surface area contributed by atoms with E-state index in [9.17, 15) is 0 Å². The smallest absolute Gasteiger partial charge is 0.0575 e. The zero-order chi connectivity index (χ0) is 17.4. The third-order valence-electron chi connectivity index (χ3n) is 6.49. The summed E-state index contributed by atoms with van der Waals surface area (Å²) >= 11 is 0. The van der Waals surface area contributed by atoms with Crippen LogP contribution in [0, 0.1) is 11.8 Å². The van der Waals surface area contributed by atoms with Gasteiger partial charge in [-0.05, 0) is 77.2 Å². The quantitative estimate of drug-likeness (QED) is 0.619. The van der Waals surface area contributed by atoms with Gasteiger partial charge < -0.3 is 9.64 Å². The van der Waals surface area contributed by atoms with E-state index in [0.29, 0.717) is 6.10 Å². The van der Waals surface area contributed by atoms with Crippen molar-refractivity contribution in [1.82, 2.24) is 9.80 Å². The molecular weight excluding hydrogens is 296 g/mol. The van der Waals surface area contributed by atoms with E-state index < -0.39 is 0 Å². The summed E-state index contributed by atoms with van der Waals surface area (Å²) in [6.45, 7) is 16.6. The molecule has 0 N–H and O–H groups in total. The first kappa shape index (κ1) is 20.2. The highest BCUT2D eigenvalue weighted by Crippen LogP contribution is 2.31. The molecule has 1 unspecified atom stereocenters. The van der Waals surface area contributed by atoms with Crippen LogP contribution >= 0.6 is 0 Å². The number of hydrogen-bond donors (Lipinski definition) is 0. The monoisotopic (exact) mass is 338 g/mol. The lowest BCUT2D eigenvalue weighted by Gasteiger charge is -2.38. The molecule has 1 heterocycles. The second-order valence-electron chi connectivity index (χ2n) is 8.36. The molecule has 0 amide bonds. The molecule has 2 atom stereocenters. The van der Waals surface area contributed by atoms with Gasteiger partial charge in [0.1, 0.15) is 0 Å². The maximum absolute atomic E-state index is 5.79. The molecule has 1 saturated carbocycles. The lowest BCUT2D eigenvalue weighted by atomic mass is 9.81. The average molecular weight is 339 g/mol. The Kier molecular flexibility index (Phi) is 9.07. The van der Waals surface area contributed by atoms with Gasteiger partial charge in [0.05, 0.1) is 6.10 Å². The molecule has 0 aromatic rings. The van der Waals surface area contributed by atoms with E-state index in [2.05, 4.69) is 37.5 Å². The van der Waals surface area contributed by atoms with Crippen LogP contribution < -0.4 is 0 Å². The van der Waals surface area contributed by atoms with Crippen LogP contribution in [0.2, 0.25) is 0 Å². The Balaban J connectivity index is 1.56. The van der Waals surface area contributed by atoms with Gasteiger partial charge in [0, 0.05) is 38.8 Å². The number of hydrogen-bond acceptors (Lipinski definition) is 3. The topological polar surface area (TPSA) is 15.7 Å². The lowest BCUT2D eigenvalue weighted by Crippen LogP contribution is -2.49. The molecule has 24 heavy (non-hydrogen) atoms. The number of nitrogens with zero attached hydrogens (tertiary/aromatic N) is 2. The molecular formula is C21H42N2O. The van der Waals surface area contributed by atoms with Gasteiger partial charge in [0.15, 0.2) is 0 Å². The van der Waals surface area contributed by atoms with Crippen molar-refractivity contribution in [2.45, 2.75) is 84.8 Å². The molecule has 1 aliphatic carbocycles. The van der Waals surface area contributed by atoms with Gasteiger partial charge in [-0.3, -0.25) is 4.90 Å². The molecule has 0 spiro atoms. The standard InChI is InChI=1S/C21H42N2O/c1-5-19(4)23-15-13-22(14-16-23)12-11-18(3)17-20-7-9-21(10-8-20)24-6-2/h18-21H,5-17H2,1-4H3/t18-,19?,20?,21?/m1/s1. The highest BCUT2D eigenvalue weighted by Gasteiger charge is 2.24. The summed E-state index contributed by atoms with van der Waals surface area (Å²) in [5, 5.41) is 0. The summed E-state index contributed by atoms with van der Waals surface area (Å²) in [6.07, 6.45) is 10.0. The average Bonchev–Trinajstić information content (AvgIpc) is 2.61. The number of ether oxygens (including phenoxy) is 1. The summed E-state index contributed by atoms with van der Waals surface area (Å²) in [4.78, 5) is 5.36. The van der Waals surface area contributed by atoms with E-state index in [1.54, 1.807) is 0 Å². The zero-order valence-electron chi connectivity index (χ0n) is 16.8. The Bertz CT molecular complexity index is 320. The van der Waals surface area contributed by atoms with Gasteiger partial charge in [0.2, 0.25) is 0 Å². The van der Waals surface area contributed by atoms with Gasteiger partial charge in [0.25, 0.3) is 0 Å². The minimum Gasteiger partial charge on any atom is -0.379 e. The van der Waals surface area contributed by atoms with Crippen LogP contribution in [0.5, 0.6) is 0 Å². The van der Waals surface area contributed by atoms with Crippen molar-refractivity contribution < 1.29 is 4.74 Å². The minimum absolute atomic E-state index is 0.559. The second-order valence-corrected chi connectivity index (χ2v) is 8.36. The van der Waals surface area contributed by atoms with Crippen LogP contribution in [0.25, 0.3) is 0 Å². The summed E-state index contributed by atoms with van der Waals surface area (Å²) in [5.74, 6) is 1.84. The molecule has 1 saturated heterocycles. The predicted molar refractivity (Wildman–Crippen MR) is 104 cm³/mol. The molecule has 0 aromatic heterocycles. The molecule has 2 rings (SSSR count). The normalized spacial score (nSPS) is 29.5. The molecule has 1 aliphatic heterocycles. The lowest BCUT2D eigenvalue weighted by molar-refractivity contribution is 0.0227. The predicted octanol–water partition coefficient (Wildman–Crippen LogP) is 4.41. The maximum Gasteiger partial charge on any atom is 0.0575 e. The van der Waals surface area contributed by atoms with Crippen LogP contribution in [0.3, 0.4) is 0 Å². The van der Waals surface area contributed by atoms with Crippen molar-refractivity contribution in [3.05, 3.63) is 0 Å². The number of piperazine rings is 1. The highest BCUT2D eigenvalue weighted by molar-refractivity contribution is 4.77. The summed E-state index contributed by atoms with van der Waals surface area (Å²) in [7, 11) is 0. The van der Waals surface area contributed by atoms with Crippen LogP contribution in [-0.4, -0.2) is 61.3 Å². The summed E-state index contributed by atoms with van der Waals surface area (Å²) < 4.78 is 5.79. The maximum atomic E-state index is 5.79. The van der Waals surface area contributed by atoms with E-state index >= 15 is 0 Å².